The Morgan fingerprint density at radius 2 is 2.17 bits per heavy atom. The molecule has 3 nitrogen and oxygen atoms in total. The van der Waals surface area contributed by atoms with Crippen LogP contribution in [0.1, 0.15) is 19.3 Å². The average Bonchev–Trinajstić information content (AvgIpc) is 2.29. The second kappa shape index (κ2) is 4.45. The third kappa shape index (κ3) is 2.48. The van der Waals surface area contributed by atoms with E-state index in [9.17, 15) is 4.79 Å². The fraction of sp³-hybridized carbons (Fsp3) is 0.889. The lowest BCUT2D eigenvalue weighted by Gasteiger charge is -2.13. The first kappa shape index (κ1) is 9.52. The van der Waals surface area contributed by atoms with E-state index in [1.165, 1.54) is 0 Å². The molecule has 1 rings (SSSR count). The molecule has 0 aliphatic carbocycles. The van der Waals surface area contributed by atoms with Gasteiger partial charge in [-0.15, -0.1) is 0 Å². The fourth-order valence-electron chi connectivity index (χ4n) is 1.71. The van der Waals surface area contributed by atoms with E-state index in [1.807, 2.05) is 0 Å². The Labute approximate surface area is 74.1 Å². The molecule has 0 radical (unpaired) electrons. The van der Waals surface area contributed by atoms with Crippen molar-refractivity contribution in [2.75, 3.05) is 27.2 Å². The van der Waals surface area contributed by atoms with Gasteiger partial charge in [-0.1, -0.05) is 0 Å². The average molecular weight is 170 g/mol. The van der Waals surface area contributed by atoms with Gasteiger partial charge < -0.3 is 10.2 Å². The zero-order valence-corrected chi connectivity index (χ0v) is 7.97. The lowest BCUT2D eigenvalue weighted by Crippen LogP contribution is -2.28. The zero-order valence-electron chi connectivity index (χ0n) is 7.97. The van der Waals surface area contributed by atoms with Crippen LogP contribution in [0.3, 0.4) is 0 Å². The number of nitrogens with one attached hydrogen (secondary N) is 1. The van der Waals surface area contributed by atoms with Gasteiger partial charge in [0.05, 0.1) is 0 Å². The highest BCUT2D eigenvalue weighted by atomic mass is 16.1. The van der Waals surface area contributed by atoms with Crippen LogP contribution in [-0.2, 0) is 4.79 Å². The third-order valence-electron chi connectivity index (χ3n) is 2.57. The number of carbonyl (C=O) groups excluding carboxylic acids is 1. The molecule has 3 heteroatoms. The minimum absolute atomic E-state index is 0.213. The van der Waals surface area contributed by atoms with Gasteiger partial charge in [0.25, 0.3) is 0 Å². The maximum atomic E-state index is 11.3. The number of hydrogen-bond donors (Lipinski definition) is 1. The Bertz CT molecular complexity index is 159. The summed E-state index contributed by atoms with van der Waals surface area (Å²) >= 11 is 0. The zero-order chi connectivity index (χ0) is 8.97. The second-order valence-electron chi connectivity index (χ2n) is 3.55. The standard InChI is InChI=1S/C9H18N2O/c1-10-9(12)8-4-3-6-11(2)7-5-8/h8H,3-7H2,1-2H3,(H,10,12). The molecule has 1 aliphatic rings. The second-order valence-corrected chi connectivity index (χ2v) is 3.55. The molecule has 1 fully saturated rings. The highest BCUT2D eigenvalue weighted by molar-refractivity contribution is 5.78. The van der Waals surface area contributed by atoms with Crippen molar-refractivity contribution in [1.82, 2.24) is 10.2 Å². The van der Waals surface area contributed by atoms with E-state index >= 15 is 0 Å². The van der Waals surface area contributed by atoms with Crippen molar-refractivity contribution in [3.8, 4) is 0 Å². The molecule has 1 atom stereocenters. The lowest BCUT2D eigenvalue weighted by molar-refractivity contribution is -0.124. The molecular weight excluding hydrogens is 152 g/mol. The topological polar surface area (TPSA) is 32.3 Å². The largest absolute Gasteiger partial charge is 0.359 e. The normalized spacial score (nSPS) is 26.3. The summed E-state index contributed by atoms with van der Waals surface area (Å²) in [5, 5.41) is 2.72. The van der Waals surface area contributed by atoms with Gasteiger partial charge in [0, 0.05) is 13.0 Å². The smallest absolute Gasteiger partial charge is 0.222 e. The molecule has 12 heavy (non-hydrogen) atoms. The van der Waals surface area contributed by atoms with E-state index in [4.69, 9.17) is 0 Å². The summed E-state index contributed by atoms with van der Waals surface area (Å²) in [5.74, 6) is 0.463. The quantitative estimate of drug-likeness (QED) is 0.620. The molecular formula is C9H18N2O. The fourth-order valence-corrected chi connectivity index (χ4v) is 1.71. The van der Waals surface area contributed by atoms with Crippen LogP contribution >= 0.6 is 0 Å². The molecule has 1 saturated heterocycles. The van der Waals surface area contributed by atoms with E-state index in [2.05, 4.69) is 17.3 Å². The van der Waals surface area contributed by atoms with Gasteiger partial charge in [-0.05, 0) is 39.4 Å². The van der Waals surface area contributed by atoms with E-state index in [0.717, 1.165) is 32.4 Å². The summed E-state index contributed by atoms with van der Waals surface area (Å²) in [6, 6.07) is 0. The lowest BCUT2D eigenvalue weighted by atomic mass is 10.0. The monoisotopic (exact) mass is 170 g/mol. The summed E-state index contributed by atoms with van der Waals surface area (Å²) in [5.41, 5.74) is 0. The highest BCUT2D eigenvalue weighted by Crippen LogP contribution is 2.16. The van der Waals surface area contributed by atoms with Crippen molar-refractivity contribution in [3.05, 3.63) is 0 Å². The van der Waals surface area contributed by atoms with Crippen LogP contribution in [0.4, 0.5) is 0 Å². The Morgan fingerprint density at radius 1 is 1.42 bits per heavy atom. The maximum absolute atomic E-state index is 11.3. The molecule has 0 spiro atoms. The van der Waals surface area contributed by atoms with Crippen LogP contribution in [-0.4, -0.2) is 38.0 Å². The summed E-state index contributed by atoms with van der Waals surface area (Å²) in [4.78, 5) is 13.6. The minimum Gasteiger partial charge on any atom is -0.359 e. The van der Waals surface area contributed by atoms with Gasteiger partial charge in [0.15, 0.2) is 0 Å². The molecule has 1 heterocycles. The van der Waals surface area contributed by atoms with E-state index in [1.54, 1.807) is 7.05 Å². The Kier molecular flexibility index (Phi) is 3.53. The number of carbonyl (C=O) groups is 1. The third-order valence-corrected chi connectivity index (χ3v) is 2.57. The Hall–Kier alpha value is -0.570. The number of rotatable bonds is 1. The van der Waals surface area contributed by atoms with Crippen LogP contribution in [0.15, 0.2) is 0 Å². The molecule has 0 saturated carbocycles. The number of likely N-dealkylation sites (tertiary alicyclic amines) is 1. The van der Waals surface area contributed by atoms with Crippen LogP contribution in [0.2, 0.25) is 0 Å². The first-order valence-electron chi connectivity index (χ1n) is 4.64. The summed E-state index contributed by atoms with van der Waals surface area (Å²) in [6.45, 7) is 2.19. The first-order valence-corrected chi connectivity index (χ1v) is 4.64. The van der Waals surface area contributed by atoms with Crippen LogP contribution in [0, 0.1) is 5.92 Å². The van der Waals surface area contributed by atoms with Crippen LogP contribution < -0.4 is 5.32 Å². The van der Waals surface area contributed by atoms with Crippen molar-refractivity contribution in [2.24, 2.45) is 5.92 Å². The highest BCUT2D eigenvalue weighted by Gasteiger charge is 2.20. The first-order chi connectivity index (χ1) is 5.74. The van der Waals surface area contributed by atoms with Crippen molar-refractivity contribution < 1.29 is 4.79 Å². The van der Waals surface area contributed by atoms with Gasteiger partial charge in [-0.2, -0.15) is 0 Å². The van der Waals surface area contributed by atoms with Crippen molar-refractivity contribution >= 4 is 5.91 Å². The summed E-state index contributed by atoms with van der Waals surface area (Å²) in [6.07, 6.45) is 3.20. The number of amides is 1. The summed E-state index contributed by atoms with van der Waals surface area (Å²) in [7, 11) is 3.84. The van der Waals surface area contributed by atoms with Crippen molar-refractivity contribution in [2.45, 2.75) is 19.3 Å². The van der Waals surface area contributed by atoms with E-state index in [0.29, 0.717) is 0 Å². The number of nitrogens with zero attached hydrogens (tertiary/aromatic N) is 1. The molecule has 1 unspecified atom stereocenters. The molecule has 0 bridgehead atoms. The Morgan fingerprint density at radius 3 is 2.83 bits per heavy atom. The van der Waals surface area contributed by atoms with E-state index in [-0.39, 0.29) is 11.8 Å². The van der Waals surface area contributed by atoms with Crippen LogP contribution in [0.25, 0.3) is 0 Å². The molecule has 1 aliphatic heterocycles. The predicted octanol–water partition coefficient (Wildman–Crippen LogP) is 0.464. The van der Waals surface area contributed by atoms with Crippen LogP contribution in [0.5, 0.6) is 0 Å². The van der Waals surface area contributed by atoms with Gasteiger partial charge in [0.2, 0.25) is 5.91 Å². The van der Waals surface area contributed by atoms with Gasteiger partial charge in [-0.25, -0.2) is 0 Å². The SMILES string of the molecule is CNC(=O)C1CCCN(C)CC1. The van der Waals surface area contributed by atoms with Crippen molar-refractivity contribution in [1.29, 1.82) is 0 Å². The molecule has 1 N–H and O–H groups in total. The summed E-state index contributed by atoms with van der Waals surface area (Å²) < 4.78 is 0. The molecule has 0 aromatic carbocycles. The Balaban J connectivity index is 2.40. The predicted molar refractivity (Wildman–Crippen MR) is 48.9 cm³/mol. The van der Waals surface area contributed by atoms with Gasteiger partial charge >= 0.3 is 0 Å². The molecule has 70 valence electrons. The molecule has 0 aromatic rings. The maximum Gasteiger partial charge on any atom is 0.222 e. The van der Waals surface area contributed by atoms with Gasteiger partial charge in [0.1, 0.15) is 0 Å². The number of hydrogen-bond acceptors (Lipinski definition) is 2. The molecule has 0 aromatic heterocycles. The minimum atomic E-state index is 0.213. The molecule has 1 amide bonds. The van der Waals surface area contributed by atoms with Gasteiger partial charge in [-0.3, -0.25) is 4.79 Å². The van der Waals surface area contributed by atoms with E-state index < -0.39 is 0 Å². The van der Waals surface area contributed by atoms with Crippen molar-refractivity contribution in [3.63, 3.8) is 0 Å².